The fourth-order valence-corrected chi connectivity index (χ4v) is 4.75. The fraction of sp³-hybridized carbons (Fsp3) is 0.435. The van der Waals surface area contributed by atoms with Crippen LogP contribution in [0, 0.1) is 0 Å². The molecule has 0 saturated heterocycles. The third kappa shape index (κ3) is 4.15. The molecule has 0 aromatic heterocycles. The number of benzene rings is 2. The number of fused-ring (bicyclic) bond motifs is 1. The van der Waals surface area contributed by atoms with Crippen molar-refractivity contribution in [2.24, 2.45) is 0 Å². The van der Waals surface area contributed by atoms with Crippen LogP contribution in [0.25, 0.3) is 0 Å². The molecule has 0 radical (unpaired) electrons. The van der Waals surface area contributed by atoms with Crippen molar-refractivity contribution in [2.75, 3.05) is 26.9 Å². The lowest BCUT2D eigenvalue weighted by atomic mass is 9.78. The molecular weight excluding hydrogens is 390 g/mol. The van der Waals surface area contributed by atoms with Crippen molar-refractivity contribution in [2.45, 2.75) is 37.5 Å². The van der Waals surface area contributed by atoms with E-state index in [1.807, 2.05) is 24.3 Å². The molecule has 0 unspecified atom stereocenters. The van der Waals surface area contributed by atoms with Gasteiger partial charge in [0.2, 0.25) is 5.91 Å². The van der Waals surface area contributed by atoms with E-state index in [1.165, 1.54) is 5.56 Å². The lowest BCUT2D eigenvalue weighted by molar-refractivity contribution is -0.120. The van der Waals surface area contributed by atoms with Gasteiger partial charge in [-0.05, 0) is 36.6 Å². The predicted octanol–water partition coefficient (Wildman–Crippen LogP) is 4.29. The van der Waals surface area contributed by atoms with Gasteiger partial charge in [-0.25, -0.2) is 0 Å². The summed E-state index contributed by atoms with van der Waals surface area (Å²) in [7, 11) is 1.70. The number of nitrogens with one attached hydrogen (secondary N) is 1. The number of carbonyl (C=O) groups is 1. The zero-order valence-electron chi connectivity index (χ0n) is 16.6. The van der Waals surface area contributed by atoms with Crippen LogP contribution in [0.15, 0.2) is 36.4 Å². The number of ether oxygens (including phenoxy) is 3. The van der Waals surface area contributed by atoms with E-state index in [2.05, 4.69) is 11.4 Å². The molecule has 1 heterocycles. The van der Waals surface area contributed by atoms with Crippen molar-refractivity contribution < 1.29 is 19.0 Å². The van der Waals surface area contributed by atoms with Crippen LogP contribution in [-0.4, -0.2) is 32.8 Å². The number of para-hydroxylation sites is 1. The highest BCUT2D eigenvalue weighted by Crippen LogP contribution is 2.44. The molecule has 6 heteroatoms. The second-order valence-corrected chi connectivity index (χ2v) is 8.15. The first-order valence-electron chi connectivity index (χ1n) is 10.1. The summed E-state index contributed by atoms with van der Waals surface area (Å²) in [5.41, 5.74) is 1.92. The van der Waals surface area contributed by atoms with E-state index in [4.69, 9.17) is 25.8 Å². The Morgan fingerprint density at radius 1 is 1.17 bits per heavy atom. The molecule has 2 aliphatic rings. The maximum atomic E-state index is 12.7. The Labute approximate surface area is 176 Å². The maximum Gasteiger partial charge on any atom is 0.224 e. The molecule has 0 bridgehead atoms. The largest absolute Gasteiger partial charge is 0.496 e. The van der Waals surface area contributed by atoms with Gasteiger partial charge >= 0.3 is 0 Å². The first-order valence-corrected chi connectivity index (χ1v) is 10.5. The summed E-state index contributed by atoms with van der Waals surface area (Å²) < 4.78 is 16.8. The van der Waals surface area contributed by atoms with Crippen molar-refractivity contribution in [3.05, 3.63) is 52.5 Å². The molecular formula is C23H26ClNO4. The Kier molecular flexibility index (Phi) is 5.86. The Bertz CT molecular complexity index is 892. The Hall–Kier alpha value is -2.40. The van der Waals surface area contributed by atoms with Crippen LogP contribution in [-0.2, 0) is 16.6 Å². The van der Waals surface area contributed by atoms with Crippen molar-refractivity contribution in [1.82, 2.24) is 5.32 Å². The molecule has 1 aliphatic heterocycles. The van der Waals surface area contributed by atoms with Gasteiger partial charge in [0.05, 0.1) is 18.6 Å². The summed E-state index contributed by atoms with van der Waals surface area (Å²) in [4.78, 5) is 12.7. The van der Waals surface area contributed by atoms with E-state index in [1.54, 1.807) is 13.2 Å². The van der Waals surface area contributed by atoms with E-state index >= 15 is 0 Å². The first-order chi connectivity index (χ1) is 14.1. The van der Waals surface area contributed by atoms with Gasteiger partial charge in [-0.15, -0.1) is 0 Å². The van der Waals surface area contributed by atoms with Crippen LogP contribution in [0.2, 0.25) is 5.02 Å². The molecule has 1 saturated carbocycles. The van der Waals surface area contributed by atoms with Gasteiger partial charge in [0.1, 0.15) is 19.0 Å². The zero-order valence-corrected chi connectivity index (χ0v) is 17.4. The number of halogens is 1. The summed E-state index contributed by atoms with van der Waals surface area (Å²) in [6.07, 6.45) is 4.66. The Morgan fingerprint density at radius 2 is 1.93 bits per heavy atom. The van der Waals surface area contributed by atoms with E-state index < -0.39 is 0 Å². The van der Waals surface area contributed by atoms with Crippen LogP contribution < -0.4 is 19.5 Å². The lowest BCUT2D eigenvalue weighted by Crippen LogP contribution is -2.39. The molecule has 154 valence electrons. The lowest BCUT2D eigenvalue weighted by Gasteiger charge is -2.31. The summed E-state index contributed by atoms with van der Waals surface area (Å²) >= 11 is 6.30. The number of rotatable bonds is 6. The van der Waals surface area contributed by atoms with Crippen LogP contribution in [0.4, 0.5) is 0 Å². The third-order valence-electron chi connectivity index (χ3n) is 5.88. The summed E-state index contributed by atoms with van der Waals surface area (Å²) in [5, 5.41) is 3.63. The molecule has 1 amide bonds. The monoisotopic (exact) mass is 415 g/mol. The summed E-state index contributed by atoms with van der Waals surface area (Å²) in [6, 6.07) is 11.8. The van der Waals surface area contributed by atoms with E-state index in [9.17, 15) is 4.79 Å². The van der Waals surface area contributed by atoms with Crippen molar-refractivity contribution >= 4 is 17.5 Å². The average Bonchev–Trinajstić information content (AvgIpc) is 3.22. The molecule has 0 atom stereocenters. The normalized spacial score (nSPS) is 17.0. The van der Waals surface area contributed by atoms with Gasteiger partial charge < -0.3 is 19.5 Å². The van der Waals surface area contributed by atoms with E-state index in [0.29, 0.717) is 36.3 Å². The average molecular weight is 416 g/mol. The first kappa shape index (κ1) is 19.9. The van der Waals surface area contributed by atoms with Gasteiger partial charge in [-0.2, -0.15) is 0 Å². The number of carbonyl (C=O) groups excluding carboxylic acids is 1. The highest BCUT2D eigenvalue weighted by molar-refractivity contribution is 6.32. The Balaban J connectivity index is 1.46. The molecule has 2 aromatic carbocycles. The molecule has 4 rings (SSSR count). The van der Waals surface area contributed by atoms with Gasteiger partial charge in [-0.1, -0.05) is 42.6 Å². The second-order valence-electron chi connectivity index (χ2n) is 7.74. The molecule has 0 spiro atoms. The third-order valence-corrected chi connectivity index (χ3v) is 6.16. The summed E-state index contributed by atoms with van der Waals surface area (Å²) in [6.45, 7) is 1.57. The number of methoxy groups -OCH3 is 1. The van der Waals surface area contributed by atoms with Gasteiger partial charge in [0, 0.05) is 17.5 Å². The number of amides is 1. The molecule has 2 aromatic rings. The SMILES string of the molecule is COc1ccccc1C1(CNC(=O)Cc2cc(Cl)c3c(c2)OCCO3)CCCC1. The standard InChI is InChI=1S/C23H26ClNO4/c1-27-19-7-3-2-6-17(19)23(8-4-5-9-23)15-25-21(26)14-16-12-18(24)22-20(13-16)28-10-11-29-22/h2-3,6-7,12-13H,4-5,8-11,14-15H2,1H3,(H,25,26). The van der Waals surface area contributed by atoms with E-state index in [0.717, 1.165) is 37.0 Å². The topological polar surface area (TPSA) is 56.8 Å². The number of hydrogen-bond donors (Lipinski definition) is 1. The van der Waals surface area contributed by atoms with Gasteiger partial charge in [0.15, 0.2) is 11.5 Å². The van der Waals surface area contributed by atoms with Crippen LogP contribution in [0.1, 0.15) is 36.8 Å². The smallest absolute Gasteiger partial charge is 0.224 e. The molecule has 29 heavy (non-hydrogen) atoms. The molecule has 1 aliphatic carbocycles. The fourth-order valence-electron chi connectivity index (χ4n) is 4.46. The predicted molar refractivity (Wildman–Crippen MR) is 112 cm³/mol. The van der Waals surface area contributed by atoms with Crippen LogP contribution in [0.3, 0.4) is 0 Å². The molecule has 5 nitrogen and oxygen atoms in total. The summed E-state index contributed by atoms with van der Waals surface area (Å²) in [5.74, 6) is 2.03. The minimum Gasteiger partial charge on any atom is -0.496 e. The van der Waals surface area contributed by atoms with E-state index in [-0.39, 0.29) is 17.7 Å². The highest BCUT2D eigenvalue weighted by atomic mass is 35.5. The van der Waals surface area contributed by atoms with Crippen molar-refractivity contribution in [1.29, 1.82) is 0 Å². The van der Waals surface area contributed by atoms with Gasteiger partial charge in [-0.3, -0.25) is 4.79 Å². The number of hydrogen-bond acceptors (Lipinski definition) is 4. The quantitative estimate of drug-likeness (QED) is 0.764. The van der Waals surface area contributed by atoms with Crippen LogP contribution >= 0.6 is 11.6 Å². The minimum absolute atomic E-state index is 0.0288. The van der Waals surface area contributed by atoms with Crippen LogP contribution in [0.5, 0.6) is 17.2 Å². The minimum atomic E-state index is -0.0767. The highest BCUT2D eigenvalue weighted by Gasteiger charge is 2.38. The van der Waals surface area contributed by atoms with Crippen molar-refractivity contribution in [3.63, 3.8) is 0 Å². The molecule has 1 fully saturated rings. The van der Waals surface area contributed by atoms with Crippen molar-refractivity contribution in [3.8, 4) is 17.2 Å². The second kappa shape index (κ2) is 8.54. The molecule has 1 N–H and O–H groups in total. The van der Waals surface area contributed by atoms with Gasteiger partial charge in [0.25, 0.3) is 0 Å². The zero-order chi connectivity index (χ0) is 20.3. The Morgan fingerprint density at radius 3 is 2.72 bits per heavy atom. The maximum absolute atomic E-state index is 12.7.